The predicted octanol–water partition coefficient (Wildman–Crippen LogP) is 3.28. The Balaban J connectivity index is 0.000000235. The summed E-state index contributed by atoms with van der Waals surface area (Å²) in [5.74, 6) is -2.10. The number of carbonyl (C=O) groups excluding carboxylic acids is 1. The van der Waals surface area contributed by atoms with E-state index in [1.165, 1.54) is 25.1 Å². The molecule has 0 bridgehead atoms. The van der Waals surface area contributed by atoms with Gasteiger partial charge in [-0.2, -0.15) is 0 Å². The van der Waals surface area contributed by atoms with E-state index in [9.17, 15) is 14.4 Å². The fourth-order valence-electron chi connectivity index (χ4n) is 1.77. The number of carbonyl (C=O) groups is 3. The molecule has 0 heterocycles. The lowest BCUT2D eigenvalue weighted by molar-refractivity contribution is 0.0696. The van der Waals surface area contributed by atoms with Crippen LogP contribution >= 0.6 is 0 Å². The number of carboxylic acids is 2. The lowest BCUT2D eigenvalue weighted by atomic mass is 10.0. The number of hydrogen-bond donors (Lipinski definition) is 2. The third-order valence-electron chi connectivity index (χ3n) is 2.97. The number of Topliss-reactive ketones (excluding diaryl/α,β-unsaturated/α-hetero) is 1. The molecule has 114 valence electrons. The largest absolute Gasteiger partial charge is 0.478 e. The topological polar surface area (TPSA) is 91.7 Å². The van der Waals surface area contributed by atoms with E-state index in [1.54, 1.807) is 6.92 Å². The number of carboxylic acid groups (broad SMARTS) is 2. The maximum atomic E-state index is 10.6. The smallest absolute Gasteiger partial charge is 0.335 e. The van der Waals surface area contributed by atoms with Crippen LogP contribution in [-0.2, 0) is 0 Å². The van der Waals surface area contributed by atoms with Crippen LogP contribution in [0.25, 0.3) is 0 Å². The first kappa shape index (κ1) is 17.1. The first-order valence-corrected chi connectivity index (χ1v) is 6.46. The highest BCUT2D eigenvalue weighted by Gasteiger charge is 2.13. The molecule has 2 N–H and O–H groups in total. The highest BCUT2D eigenvalue weighted by atomic mass is 16.4. The van der Waals surface area contributed by atoms with Gasteiger partial charge >= 0.3 is 11.9 Å². The van der Waals surface area contributed by atoms with Crippen molar-refractivity contribution in [1.29, 1.82) is 0 Å². The Morgan fingerprint density at radius 3 is 1.55 bits per heavy atom. The maximum Gasteiger partial charge on any atom is 0.335 e. The Bertz CT molecular complexity index is 657. The van der Waals surface area contributed by atoms with E-state index in [1.807, 2.05) is 30.3 Å². The maximum absolute atomic E-state index is 10.6. The van der Waals surface area contributed by atoms with Crippen molar-refractivity contribution in [3.05, 3.63) is 70.8 Å². The number of aromatic carboxylic acids is 2. The molecule has 0 saturated carbocycles. The normalized spacial score (nSPS) is 9.36. The Morgan fingerprint density at radius 2 is 1.23 bits per heavy atom. The van der Waals surface area contributed by atoms with Crippen LogP contribution in [0.15, 0.2) is 48.5 Å². The second-order valence-corrected chi connectivity index (χ2v) is 4.51. The van der Waals surface area contributed by atoms with Gasteiger partial charge in [0.15, 0.2) is 5.78 Å². The second kappa shape index (κ2) is 7.73. The van der Waals surface area contributed by atoms with E-state index in [4.69, 9.17) is 10.2 Å². The molecule has 2 aromatic rings. The molecule has 2 rings (SSSR count). The molecule has 0 spiro atoms. The number of ketones is 1. The van der Waals surface area contributed by atoms with Gasteiger partial charge in [-0.1, -0.05) is 36.4 Å². The predicted molar refractivity (Wildman–Crippen MR) is 81.5 cm³/mol. The van der Waals surface area contributed by atoms with Crippen LogP contribution in [0.3, 0.4) is 0 Å². The molecular formula is C17H16O5. The summed E-state index contributed by atoms with van der Waals surface area (Å²) in [6, 6.07) is 13.4. The van der Waals surface area contributed by atoms with Crippen molar-refractivity contribution in [2.45, 2.75) is 13.8 Å². The molecule has 0 radical (unpaired) electrons. The number of rotatable bonds is 3. The first-order valence-electron chi connectivity index (χ1n) is 6.46. The number of benzene rings is 2. The van der Waals surface area contributed by atoms with Crippen LogP contribution < -0.4 is 0 Å². The molecule has 2 aromatic carbocycles. The summed E-state index contributed by atoms with van der Waals surface area (Å²) in [5, 5.41) is 17.4. The van der Waals surface area contributed by atoms with E-state index in [2.05, 4.69) is 0 Å². The van der Waals surface area contributed by atoms with E-state index in [-0.39, 0.29) is 22.5 Å². The van der Waals surface area contributed by atoms with Crippen LogP contribution in [0, 0.1) is 6.92 Å². The SMILES string of the molecule is CC(=O)c1ccccc1.Cc1c(C(=O)O)cccc1C(=O)O. The summed E-state index contributed by atoms with van der Waals surface area (Å²) in [5.41, 5.74) is 1.11. The molecule has 0 aromatic heterocycles. The minimum atomic E-state index is -1.11. The summed E-state index contributed by atoms with van der Waals surface area (Å²) in [7, 11) is 0. The fraction of sp³-hybridized carbons (Fsp3) is 0.118. The highest BCUT2D eigenvalue weighted by molar-refractivity contribution is 5.96. The molecule has 0 amide bonds. The Morgan fingerprint density at radius 1 is 0.773 bits per heavy atom. The number of hydrogen-bond acceptors (Lipinski definition) is 3. The van der Waals surface area contributed by atoms with Crippen molar-refractivity contribution in [2.75, 3.05) is 0 Å². The van der Waals surface area contributed by atoms with Crippen molar-refractivity contribution >= 4 is 17.7 Å². The average molecular weight is 300 g/mol. The molecule has 5 heteroatoms. The van der Waals surface area contributed by atoms with Crippen molar-refractivity contribution in [3.63, 3.8) is 0 Å². The fourth-order valence-corrected chi connectivity index (χ4v) is 1.77. The zero-order valence-corrected chi connectivity index (χ0v) is 12.2. The molecule has 0 aliphatic carbocycles. The van der Waals surface area contributed by atoms with Crippen LogP contribution in [0.1, 0.15) is 43.6 Å². The molecular weight excluding hydrogens is 284 g/mol. The summed E-state index contributed by atoms with van der Waals surface area (Å²) in [6.07, 6.45) is 0. The van der Waals surface area contributed by atoms with Crippen LogP contribution in [0.4, 0.5) is 0 Å². The molecule has 0 fully saturated rings. The van der Waals surface area contributed by atoms with E-state index in [0.717, 1.165) is 5.56 Å². The summed E-state index contributed by atoms with van der Waals surface area (Å²) < 4.78 is 0. The zero-order chi connectivity index (χ0) is 16.7. The van der Waals surface area contributed by atoms with Crippen LogP contribution in [0.5, 0.6) is 0 Å². The van der Waals surface area contributed by atoms with Crippen molar-refractivity contribution < 1.29 is 24.6 Å². The lowest BCUT2D eigenvalue weighted by Gasteiger charge is -2.03. The zero-order valence-electron chi connectivity index (χ0n) is 12.2. The molecule has 0 atom stereocenters. The quantitative estimate of drug-likeness (QED) is 0.849. The van der Waals surface area contributed by atoms with Crippen LogP contribution in [-0.4, -0.2) is 27.9 Å². The van der Waals surface area contributed by atoms with Gasteiger partial charge in [0.2, 0.25) is 0 Å². The molecule has 0 aliphatic heterocycles. The van der Waals surface area contributed by atoms with Crippen molar-refractivity contribution in [2.24, 2.45) is 0 Å². The van der Waals surface area contributed by atoms with Crippen molar-refractivity contribution in [1.82, 2.24) is 0 Å². The molecule has 5 nitrogen and oxygen atoms in total. The minimum absolute atomic E-state index is 0.0277. The average Bonchev–Trinajstić information content (AvgIpc) is 2.48. The third-order valence-corrected chi connectivity index (χ3v) is 2.97. The molecule has 0 aliphatic rings. The second-order valence-electron chi connectivity index (χ2n) is 4.51. The Kier molecular flexibility index (Phi) is 6.01. The Labute approximate surface area is 127 Å². The van der Waals surface area contributed by atoms with Gasteiger partial charge in [0.1, 0.15) is 0 Å². The van der Waals surface area contributed by atoms with Gasteiger partial charge in [0.05, 0.1) is 11.1 Å². The standard InChI is InChI=1S/C9H8O4.C8H8O/c1-5-6(8(10)11)3-2-4-7(5)9(12)13;1-7(9)8-5-3-2-4-6-8/h2-4H,1H3,(H,10,11)(H,12,13);2-6H,1H3. The van der Waals surface area contributed by atoms with Gasteiger partial charge in [-0.05, 0) is 31.5 Å². The summed E-state index contributed by atoms with van der Waals surface area (Å²) in [4.78, 5) is 31.9. The van der Waals surface area contributed by atoms with Gasteiger partial charge in [0, 0.05) is 5.56 Å². The highest BCUT2D eigenvalue weighted by Crippen LogP contribution is 2.13. The lowest BCUT2D eigenvalue weighted by Crippen LogP contribution is -2.06. The molecule has 0 unspecified atom stereocenters. The molecule has 0 saturated heterocycles. The van der Waals surface area contributed by atoms with Gasteiger partial charge in [0.25, 0.3) is 0 Å². The van der Waals surface area contributed by atoms with Gasteiger partial charge in [-0.3, -0.25) is 4.79 Å². The molecule has 22 heavy (non-hydrogen) atoms. The monoisotopic (exact) mass is 300 g/mol. The third kappa shape index (κ3) is 4.56. The van der Waals surface area contributed by atoms with Gasteiger partial charge < -0.3 is 10.2 Å². The van der Waals surface area contributed by atoms with E-state index >= 15 is 0 Å². The first-order chi connectivity index (χ1) is 10.3. The van der Waals surface area contributed by atoms with Crippen molar-refractivity contribution in [3.8, 4) is 0 Å². The van der Waals surface area contributed by atoms with Gasteiger partial charge in [-0.25, -0.2) is 9.59 Å². The Hall–Kier alpha value is -2.95. The van der Waals surface area contributed by atoms with E-state index < -0.39 is 11.9 Å². The minimum Gasteiger partial charge on any atom is -0.478 e. The van der Waals surface area contributed by atoms with Gasteiger partial charge in [-0.15, -0.1) is 0 Å². The summed E-state index contributed by atoms with van der Waals surface area (Å²) >= 11 is 0. The summed E-state index contributed by atoms with van der Waals surface area (Å²) in [6.45, 7) is 3.04. The van der Waals surface area contributed by atoms with Crippen LogP contribution in [0.2, 0.25) is 0 Å². The van der Waals surface area contributed by atoms with E-state index in [0.29, 0.717) is 0 Å².